The van der Waals surface area contributed by atoms with Gasteiger partial charge in [0, 0.05) is 13.0 Å². The van der Waals surface area contributed by atoms with E-state index < -0.39 is 11.9 Å². The number of primary amides is 1. The second-order valence-corrected chi connectivity index (χ2v) is 9.52. The molecule has 3 amide bonds. The number of ether oxygens (including phenoxy) is 5. The lowest BCUT2D eigenvalue weighted by molar-refractivity contribution is -0.129. The van der Waals surface area contributed by atoms with Crippen LogP contribution in [-0.4, -0.2) is 95.9 Å². The number of nitrogens with one attached hydrogen (secondary N) is 2. The first-order valence-electron chi connectivity index (χ1n) is 13.7. The average molecular weight is 532 g/mol. The summed E-state index contributed by atoms with van der Waals surface area (Å²) in [5.41, 5.74) is 5.28. The van der Waals surface area contributed by atoms with Crippen LogP contribution in [0.1, 0.15) is 65.2 Å². The molecule has 216 valence electrons. The molecule has 0 saturated heterocycles. The van der Waals surface area contributed by atoms with Crippen LogP contribution < -0.4 is 16.4 Å². The van der Waals surface area contributed by atoms with Gasteiger partial charge in [-0.3, -0.25) is 14.4 Å². The predicted octanol–water partition coefficient (Wildman–Crippen LogP) is 1.31. The van der Waals surface area contributed by atoms with E-state index in [1.54, 1.807) is 0 Å². The lowest BCUT2D eigenvalue weighted by Crippen LogP contribution is -2.47. The fraction of sp³-hybridized carbons (Fsp3) is 0.885. The Bertz CT molecular complexity index is 613. The van der Waals surface area contributed by atoms with Crippen molar-refractivity contribution in [3.63, 3.8) is 0 Å². The molecule has 1 aliphatic carbocycles. The molecule has 1 rings (SSSR count). The molecule has 0 radical (unpaired) electrons. The summed E-state index contributed by atoms with van der Waals surface area (Å²) in [6.07, 6.45) is 8.67. The topological polar surface area (TPSA) is 147 Å². The van der Waals surface area contributed by atoms with Crippen LogP contribution in [0.25, 0.3) is 0 Å². The van der Waals surface area contributed by atoms with E-state index in [9.17, 15) is 14.4 Å². The van der Waals surface area contributed by atoms with Crippen molar-refractivity contribution in [2.75, 3.05) is 66.0 Å². The summed E-state index contributed by atoms with van der Waals surface area (Å²) in [6.45, 7) is 7.34. The molecule has 11 nitrogen and oxygen atoms in total. The largest absolute Gasteiger partial charge is 0.379 e. The van der Waals surface area contributed by atoms with Gasteiger partial charge in [-0.05, 0) is 18.8 Å². The SMILES string of the molecule is CC(C)[C@H](NC(=O)CCOCCOCCOCCOCCNC(=O)COC1CCCCCCC1)C(N)=O. The molecule has 0 aromatic carbocycles. The van der Waals surface area contributed by atoms with Gasteiger partial charge in [0.1, 0.15) is 12.6 Å². The van der Waals surface area contributed by atoms with E-state index in [-0.39, 0.29) is 43.5 Å². The minimum atomic E-state index is -0.674. The molecule has 0 aliphatic heterocycles. The summed E-state index contributed by atoms with van der Waals surface area (Å²) >= 11 is 0. The van der Waals surface area contributed by atoms with E-state index in [4.69, 9.17) is 29.4 Å². The molecule has 1 saturated carbocycles. The summed E-state index contributed by atoms with van der Waals surface area (Å²) in [4.78, 5) is 35.0. The summed E-state index contributed by atoms with van der Waals surface area (Å²) in [7, 11) is 0. The number of carbonyl (C=O) groups is 3. The van der Waals surface area contributed by atoms with Crippen LogP contribution in [-0.2, 0) is 38.1 Å². The third kappa shape index (κ3) is 19.0. The average Bonchev–Trinajstić information content (AvgIpc) is 2.83. The molecule has 11 heteroatoms. The van der Waals surface area contributed by atoms with Crippen LogP contribution in [0.4, 0.5) is 0 Å². The van der Waals surface area contributed by atoms with Gasteiger partial charge in [0.15, 0.2) is 0 Å². The Balaban J connectivity index is 1.83. The van der Waals surface area contributed by atoms with Gasteiger partial charge in [-0.25, -0.2) is 0 Å². The Hall–Kier alpha value is -1.79. The van der Waals surface area contributed by atoms with Crippen molar-refractivity contribution < 1.29 is 38.1 Å². The van der Waals surface area contributed by atoms with Gasteiger partial charge in [0.2, 0.25) is 17.7 Å². The van der Waals surface area contributed by atoms with E-state index in [2.05, 4.69) is 10.6 Å². The van der Waals surface area contributed by atoms with Crippen molar-refractivity contribution in [3.8, 4) is 0 Å². The molecule has 0 aromatic heterocycles. The second kappa shape index (κ2) is 22.2. The van der Waals surface area contributed by atoms with Gasteiger partial charge in [0.05, 0.1) is 59.0 Å². The van der Waals surface area contributed by atoms with Crippen LogP contribution in [0.5, 0.6) is 0 Å². The van der Waals surface area contributed by atoms with Gasteiger partial charge < -0.3 is 40.1 Å². The molecule has 0 spiro atoms. The third-order valence-corrected chi connectivity index (χ3v) is 5.95. The number of nitrogens with two attached hydrogens (primary N) is 1. The fourth-order valence-electron chi connectivity index (χ4n) is 3.83. The van der Waals surface area contributed by atoms with Crippen molar-refractivity contribution in [2.24, 2.45) is 11.7 Å². The summed E-state index contributed by atoms with van der Waals surface area (Å²) in [6, 6.07) is -0.674. The van der Waals surface area contributed by atoms with E-state index in [1.807, 2.05) is 13.8 Å². The Labute approximate surface area is 221 Å². The summed E-state index contributed by atoms with van der Waals surface area (Å²) in [5.74, 6) is -0.987. The van der Waals surface area contributed by atoms with Gasteiger partial charge in [-0.15, -0.1) is 0 Å². The maximum absolute atomic E-state index is 11.9. The standard InChI is InChI=1S/C26H49N3O8/c1-21(2)25(26(27)32)29-23(30)10-12-33-14-16-35-18-19-36-17-15-34-13-11-28-24(31)20-37-22-8-6-4-3-5-7-9-22/h21-22,25H,3-20H2,1-2H3,(H2,27,32)(H,28,31)(H,29,30)/t25-/m0/s1. The maximum atomic E-state index is 11.9. The predicted molar refractivity (Wildman–Crippen MR) is 139 cm³/mol. The lowest BCUT2D eigenvalue weighted by Gasteiger charge is -2.20. The van der Waals surface area contributed by atoms with E-state index in [1.165, 1.54) is 32.1 Å². The van der Waals surface area contributed by atoms with Crippen molar-refractivity contribution in [1.29, 1.82) is 0 Å². The molecule has 0 unspecified atom stereocenters. The fourth-order valence-corrected chi connectivity index (χ4v) is 3.83. The number of amides is 3. The molecule has 0 aromatic rings. The van der Waals surface area contributed by atoms with E-state index in [0.717, 1.165) is 12.8 Å². The quantitative estimate of drug-likeness (QED) is 0.188. The van der Waals surface area contributed by atoms with E-state index >= 15 is 0 Å². The van der Waals surface area contributed by atoms with Crippen LogP contribution in [0.3, 0.4) is 0 Å². The van der Waals surface area contributed by atoms with Crippen molar-refractivity contribution in [1.82, 2.24) is 10.6 Å². The monoisotopic (exact) mass is 531 g/mol. The van der Waals surface area contributed by atoms with Gasteiger partial charge in [0.25, 0.3) is 0 Å². The van der Waals surface area contributed by atoms with Gasteiger partial charge in [-0.1, -0.05) is 46.0 Å². The number of hydrogen-bond donors (Lipinski definition) is 3. The van der Waals surface area contributed by atoms with Crippen LogP contribution in [0.2, 0.25) is 0 Å². The minimum Gasteiger partial charge on any atom is -0.379 e. The molecule has 1 aliphatic rings. The second-order valence-electron chi connectivity index (χ2n) is 9.52. The van der Waals surface area contributed by atoms with Gasteiger partial charge >= 0.3 is 0 Å². The zero-order valence-corrected chi connectivity index (χ0v) is 22.8. The lowest BCUT2D eigenvalue weighted by atomic mass is 9.99. The highest BCUT2D eigenvalue weighted by Gasteiger charge is 2.21. The molecule has 0 bridgehead atoms. The van der Waals surface area contributed by atoms with Crippen LogP contribution in [0.15, 0.2) is 0 Å². The highest BCUT2D eigenvalue weighted by atomic mass is 16.6. The molecule has 0 heterocycles. The highest BCUT2D eigenvalue weighted by Crippen LogP contribution is 2.19. The normalized spacial score (nSPS) is 15.6. The number of rotatable bonds is 21. The number of hydrogen-bond acceptors (Lipinski definition) is 8. The first kappa shape index (κ1) is 33.2. The molecular formula is C26H49N3O8. The summed E-state index contributed by atoms with van der Waals surface area (Å²) in [5, 5.41) is 5.42. The molecule has 1 atom stereocenters. The molecule has 4 N–H and O–H groups in total. The minimum absolute atomic E-state index is 0.0669. The Morgan fingerprint density at radius 2 is 1.27 bits per heavy atom. The van der Waals surface area contributed by atoms with Crippen molar-refractivity contribution in [2.45, 2.75) is 77.4 Å². The van der Waals surface area contributed by atoms with Crippen molar-refractivity contribution >= 4 is 17.7 Å². The zero-order chi connectivity index (χ0) is 27.1. The van der Waals surface area contributed by atoms with Crippen LogP contribution >= 0.6 is 0 Å². The van der Waals surface area contributed by atoms with Crippen LogP contribution in [0, 0.1) is 5.92 Å². The smallest absolute Gasteiger partial charge is 0.246 e. The Kier molecular flexibility index (Phi) is 20.0. The Morgan fingerprint density at radius 3 is 1.81 bits per heavy atom. The molecule has 37 heavy (non-hydrogen) atoms. The van der Waals surface area contributed by atoms with E-state index in [0.29, 0.717) is 52.8 Å². The zero-order valence-electron chi connectivity index (χ0n) is 22.8. The molecular weight excluding hydrogens is 482 g/mol. The Morgan fingerprint density at radius 1 is 0.757 bits per heavy atom. The number of carbonyl (C=O) groups excluding carboxylic acids is 3. The first-order valence-corrected chi connectivity index (χ1v) is 13.7. The molecule has 1 fully saturated rings. The first-order chi connectivity index (χ1) is 17.9. The summed E-state index contributed by atoms with van der Waals surface area (Å²) < 4.78 is 27.4. The maximum Gasteiger partial charge on any atom is 0.246 e. The van der Waals surface area contributed by atoms with Crippen molar-refractivity contribution in [3.05, 3.63) is 0 Å². The highest BCUT2D eigenvalue weighted by molar-refractivity contribution is 5.86. The van der Waals surface area contributed by atoms with Gasteiger partial charge in [-0.2, -0.15) is 0 Å². The third-order valence-electron chi connectivity index (χ3n) is 5.95.